The molecular formula is C17H28ClN3O2. The summed E-state index contributed by atoms with van der Waals surface area (Å²) in [5.74, 6) is -0.0441. The zero-order chi connectivity index (χ0) is 16.8. The van der Waals surface area contributed by atoms with Gasteiger partial charge in [-0.1, -0.05) is 19.3 Å². The summed E-state index contributed by atoms with van der Waals surface area (Å²) in [4.78, 5) is 14.3. The third-order valence-electron chi connectivity index (χ3n) is 4.58. The first-order valence-corrected chi connectivity index (χ1v) is 9.02. The maximum absolute atomic E-state index is 12.4. The number of hydrogen-bond donors (Lipinski definition) is 0. The molecule has 0 spiro atoms. The standard InChI is InChI=1S/C17H28ClN3O2/c1-13(2)21-10-9-14(19-21)12-20(17(22)11-18)15-7-5-4-6-8-16(15)23-3/h9-10,13,15-16H,4-8,11-12H2,1-3H3/t15-,16-/m1/s1. The molecule has 0 bridgehead atoms. The Balaban J connectivity index is 2.19. The molecule has 1 aromatic heterocycles. The predicted octanol–water partition coefficient (Wildman–Crippen LogP) is 3.38. The van der Waals surface area contributed by atoms with Crippen molar-refractivity contribution in [1.29, 1.82) is 0 Å². The van der Waals surface area contributed by atoms with Crippen LogP contribution < -0.4 is 0 Å². The fourth-order valence-electron chi connectivity index (χ4n) is 3.28. The molecule has 0 saturated heterocycles. The van der Waals surface area contributed by atoms with Crippen molar-refractivity contribution >= 4 is 17.5 Å². The van der Waals surface area contributed by atoms with Crippen LogP contribution in [0.25, 0.3) is 0 Å². The number of nitrogens with zero attached hydrogens (tertiary/aromatic N) is 3. The van der Waals surface area contributed by atoms with E-state index in [2.05, 4.69) is 18.9 Å². The molecule has 130 valence electrons. The fourth-order valence-corrected chi connectivity index (χ4v) is 3.43. The summed E-state index contributed by atoms with van der Waals surface area (Å²) in [6.45, 7) is 4.67. The number of methoxy groups -OCH3 is 1. The van der Waals surface area contributed by atoms with Gasteiger partial charge in [0.2, 0.25) is 5.91 Å². The van der Waals surface area contributed by atoms with Crippen LogP contribution in [0.3, 0.4) is 0 Å². The Morgan fingerprint density at radius 2 is 2.17 bits per heavy atom. The van der Waals surface area contributed by atoms with Gasteiger partial charge in [0, 0.05) is 19.3 Å². The van der Waals surface area contributed by atoms with Gasteiger partial charge in [-0.15, -0.1) is 11.6 Å². The van der Waals surface area contributed by atoms with Gasteiger partial charge >= 0.3 is 0 Å². The number of rotatable bonds is 6. The molecule has 2 atom stereocenters. The van der Waals surface area contributed by atoms with E-state index in [9.17, 15) is 4.79 Å². The lowest BCUT2D eigenvalue weighted by Crippen LogP contribution is -2.47. The van der Waals surface area contributed by atoms with E-state index >= 15 is 0 Å². The van der Waals surface area contributed by atoms with Crippen molar-refractivity contribution in [2.24, 2.45) is 0 Å². The van der Waals surface area contributed by atoms with Crippen molar-refractivity contribution in [2.45, 2.75) is 70.7 Å². The van der Waals surface area contributed by atoms with Gasteiger partial charge in [-0.3, -0.25) is 9.48 Å². The Bertz CT molecular complexity index is 504. The first kappa shape index (κ1) is 18.3. The minimum atomic E-state index is -0.0419. The quantitative estimate of drug-likeness (QED) is 0.588. The van der Waals surface area contributed by atoms with Gasteiger partial charge in [0.15, 0.2) is 0 Å². The fraction of sp³-hybridized carbons (Fsp3) is 0.765. The minimum Gasteiger partial charge on any atom is -0.379 e. The molecule has 1 heterocycles. The maximum Gasteiger partial charge on any atom is 0.238 e. The van der Waals surface area contributed by atoms with Crippen molar-refractivity contribution in [3.05, 3.63) is 18.0 Å². The number of hydrogen-bond acceptors (Lipinski definition) is 3. The van der Waals surface area contributed by atoms with Gasteiger partial charge in [-0.2, -0.15) is 5.10 Å². The second-order valence-corrected chi connectivity index (χ2v) is 6.78. The predicted molar refractivity (Wildman–Crippen MR) is 91.6 cm³/mol. The van der Waals surface area contributed by atoms with E-state index < -0.39 is 0 Å². The molecule has 1 aliphatic rings. The van der Waals surface area contributed by atoms with Crippen molar-refractivity contribution in [2.75, 3.05) is 13.0 Å². The van der Waals surface area contributed by atoms with E-state index in [0.717, 1.165) is 31.4 Å². The number of ether oxygens (including phenoxy) is 1. The number of carbonyl (C=O) groups is 1. The van der Waals surface area contributed by atoms with Crippen LogP contribution in [0.4, 0.5) is 0 Å². The largest absolute Gasteiger partial charge is 0.379 e. The molecule has 2 rings (SSSR count). The first-order chi connectivity index (χ1) is 11.1. The summed E-state index contributed by atoms with van der Waals surface area (Å²) < 4.78 is 7.59. The molecule has 0 aliphatic heterocycles. The van der Waals surface area contributed by atoms with E-state index in [1.807, 2.05) is 21.8 Å². The summed E-state index contributed by atoms with van der Waals surface area (Å²) in [5, 5.41) is 4.57. The van der Waals surface area contributed by atoms with E-state index in [-0.39, 0.29) is 23.9 Å². The lowest BCUT2D eigenvalue weighted by Gasteiger charge is -2.35. The van der Waals surface area contributed by atoms with Crippen molar-refractivity contribution in [3.63, 3.8) is 0 Å². The average Bonchev–Trinajstić information content (AvgIpc) is 2.89. The normalized spacial score (nSPS) is 22.1. The Labute approximate surface area is 143 Å². The molecule has 5 nitrogen and oxygen atoms in total. The lowest BCUT2D eigenvalue weighted by atomic mass is 10.0. The Morgan fingerprint density at radius 1 is 1.43 bits per heavy atom. The lowest BCUT2D eigenvalue weighted by molar-refractivity contribution is -0.135. The van der Waals surface area contributed by atoms with Gasteiger partial charge in [0.1, 0.15) is 5.88 Å². The molecule has 0 radical (unpaired) electrons. The molecular weight excluding hydrogens is 314 g/mol. The first-order valence-electron chi connectivity index (χ1n) is 8.49. The van der Waals surface area contributed by atoms with E-state index in [1.54, 1.807) is 7.11 Å². The number of halogens is 1. The number of alkyl halides is 1. The minimum absolute atomic E-state index is 0.00216. The summed E-state index contributed by atoms with van der Waals surface area (Å²) in [5.41, 5.74) is 0.899. The highest BCUT2D eigenvalue weighted by molar-refractivity contribution is 6.27. The molecule has 6 heteroatoms. The van der Waals surface area contributed by atoms with Crippen LogP contribution in [0.5, 0.6) is 0 Å². The van der Waals surface area contributed by atoms with Gasteiger partial charge in [-0.25, -0.2) is 0 Å². The van der Waals surface area contributed by atoms with Gasteiger partial charge in [0.25, 0.3) is 0 Å². The van der Waals surface area contributed by atoms with Crippen LogP contribution >= 0.6 is 11.6 Å². The smallest absolute Gasteiger partial charge is 0.238 e. The summed E-state index contributed by atoms with van der Waals surface area (Å²) in [6, 6.07) is 2.37. The average molecular weight is 342 g/mol. The summed E-state index contributed by atoms with van der Waals surface area (Å²) >= 11 is 5.86. The van der Waals surface area contributed by atoms with E-state index in [0.29, 0.717) is 12.6 Å². The molecule has 1 fully saturated rings. The summed E-state index contributed by atoms with van der Waals surface area (Å²) in [7, 11) is 1.74. The summed E-state index contributed by atoms with van der Waals surface area (Å²) in [6.07, 6.45) is 7.47. The van der Waals surface area contributed by atoms with Gasteiger partial charge in [-0.05, 0) is 32.8 Å². The van der Waals surface area contributed by atoms with Gasteiger partial charge in [0.05, 0.1) is 24.4 Å². The van der Waals surface area contributed by atoms with Crippen molar-refractivity contribution in [1.82, 2.24) is 14.7 Å². The molecule has 23 heavy (non-hydrogen) atoms. The second kappa shape index (κ2) is 8.69. The Kier molecular flexibility index (Phi) is 6.90. The zero-order valence-corrected chi connectivity index (χ0v) is 15.1. The maximum atomic E-state index is 12.4. The third kappa shape index (κ3) is 4.70. The molecule has 0 aromatic carbocycles. The monoisotopic (exact) mass is 341 g/mol. The third-order valence-corrected chi connectivity index (χ3v) is 4.81. The molecule has 1 aromatic rings. The van der Waals surface area contributed by atoms with Crippen LogP contribution in [0.1, 0.15) is 57.7 Å². The highest BCUT2D eigenvalue weighted by Gasteiger charge is 2.32. The molecule has 1 aliphatic carbocycles. The topological polar surface area (TPSA) is 47.4 Å². The van der Waals surface area contributed by atoms with Crippen LogP contribution in [0.2, 0.25) is 0 Å². The zero-order valence-electron chi connectivity index (χ0n) is 14.4. The number of carbonyl (C=O) groups excluding carboxylic acids is 1. The SMILES string of the molecule is CO[C@@H]1CCCCC[C@H]1N(Cc1ccn(C(C)C)n1)C(=O)CCl. The second-order valence-electron chi connectivity index (χ2n) is 6.52. The molecule has 1 amide bonds. The van der Waals surface area contributed by atoms with Crippen molar-refractivity contribution in [3.8, 4) is 0 Å². The molecule has 1 saturated carbocycles. The number of aromatic nitrogens is 2. The van der Waals surface area contributed by atoms with Crippen LogP contribution in [0, 0.1) is 0 Å². The highest BCUT2D eigenvalue weighted by atomic mass is 35.5. The molecule has 0 unspecified atom stereocenters. The van der Waals surface area contributed by atoms with E-state index in [1.165, 1.54) is 6.42 Å². The van der Waals surface area contributed by atoms with Crippen LogP contribution in [-0.2, 0) is 16.1 Å². The molecule has 0 N–H and O–H groups in total. The highest BCUT2D eigenvalue weighted by Crippen LogP contribution is 2.26. The van der Waals surface area contributed by atoms with Crippen LogP contribution in [-0.4, -0.2) is 45.7 Å². The van der Waals surface area contributed by atoms with Crippen molar-refractivity contribution < 1.29 is 9.53 Å². The number of amides is 1. The van der Waals surface area contributed by atoms with Gasteiger partial charge < -0.3 is 9.64 Å². The van der Waals surface area contributed by atoms with Crippen LogP contribution in [0.15, 0.2) is 12.3 Å². The van der Waals surface area contributed by atoms with E-state index in [4.69, 9.17) is 16.3 Å². The Morgan fingerprint density at radius 3 is 2.78 bits per heavy atom. The Hall–Kier alpha value is -1.07.